The summed E-state index contributed by atoms with van der Waals surface area (Å²) in [5.41, 5.74) is 0.637. The molecular formula is C9H8Cl2NO. The molecule has 0 saturated heterocycles. The predicted octanol–water partition coefficient (Wildman–Crippen LogP) is 3.16. The van der Waals surface area contributed by atoms with Gasteiger partial charge in [-0.15, -0.1) is 0 Å². The number of carbonyl (C=O) groups excluding carboxylic acids is 1. The van der Waals surface area contributed by atoms with Gasteiger partial charge in [0.05, 0.1) is 10.0 Å². The van der Waals surface area contributed by atoms with Crippen molar-refractivity contribution in [2.45, 2.75) is 6.92 Å². The highest BCUT2D eigenvalue weighted by atomic mass is 35.5. The zero-order chi connectivity index (χ0) is 9.84. The Hall–Kier alpha value is -0.730. The highest BCUT2D eigenvalue weighted by Crippen LogP contribution is 2.24. The lowest BCUT2D eigenvalue weighted by molar-refractivity contribution is -0.113. The molecule has 1 aromatic rings. The van der Waals surface area contributed by atoms with Crippen molar-refractivity contribution in [2.75, 3.05) is 5.32 Å². The van der Waals surface area contributed by atoms with Crippen LogP contribution in [0.1, 0.15) is 6.92 Å². The monoisotopic (exact) mass is 216 g/mol. The van der Waals surface area contributed by atoms with E-state index in [-0.39, 0.29) is 5.91 Å². The van der Waals surface area contributed by atoms with Crippen LogP contribution in [0.25, 0.3) is 0 Å². The van der Waals surface area contributed by atoms with E-state index in [1.165, 1.54) is 6.42 Å². The number of rotatable bonds is 2. The van der Waals surface area contributed by atoms with Crippen LogP contribution in [-0.4, -0.2) is 5.91 Å². The number of carbonyl (C=O) groups is 1. The molecule has 1 rings (SSSR count). The van der Waals surface area contributed by atoms with Gasteiger partial charge >= 0.3 is 0 Å². The molecule has 0 unspecified atom stereocenters. The van der Waals surface area contributed by atoms with Gasteiger partial charge in [0.15, 0.2) is 0 Å². The summed E-state index contributed by atoms with van der Waals surface area (Å²) in [6.45, 7) is 1.66. The summed E-state index contributed by atoms with van der Waals surface area (Å²) in [5.74, 6) is -0.168. The largest absolute Gasteiger partial charge is 0.326 e. The van der Waals surface area contributed by atoms with Crippen LogP contribution in [0.2, 0.25) is 10.0 Å². The third-order valence-electron chi connectivity index (χ3n) is 1.45. The minimum absolute atomic E-state index is 0.168. The highest BCUT2D eigenvalue weighted by molar-refractivity contribution is 6.42. The summed E-state index contributed by atoms with van der Waals surface area (Å²) in [6.07, 6.45) is 1.43. The van der Waals surface area contributed by atoms with E-state index in [1.54, 1.807) is 25.1 Å². The number of hydrogen-bond donors (Lipinski definition) is 1. The summed E-state index contributed by atoms with van der Waals surface area (Å²) in [6, 6.07) is 4.93. The van der Waals surface area contributed by atoms with E-state index in [9.17, 15) is 4.79 Å². The van der Waals surface area contributed by atoms with E-state index in [4.69, 9.17) is 23.2 Å². The van der Waals surface area contributed by atoms with E-state index >= 15 is 0 Å². The molecule has 1 radical (unpaired) electrons. The fourth-order valence-electron chi connectivity index (χ4n) is 0.788. The van der Waals surface area contributed by atoms with E-state index < -0.39 is 0 Å². The Morgan fingerprint density at radius 1 is 1.38 bits per heavy atom. The molecule has 69 valence electrons. The van der Waals surface area contributed by atoms with Crippen molar-refractivity contribution in [2.24, 2.45) is 0 Å². The molecule has 4 heteroatoms. The number of anilines is 1. The van der Waals surface area contributed by atoms with Gasteiger partial charge in [-0.05, 0) is 18.2 Å². The van der Waals surface area contributed by atoms with Crippen LogP contribution in [0.4, 0.5) is 5.69 Å². The van der Waals surface area contributed by atoms with Gasteiger partial charge in [0.1, 0.15) is 0 Å². The van der Waals surface area contributed by atoms with Crippen LogP contribution in [0.15, 0.2) is 18.2 Å². The van der Waals surface area contributed by atoms with Crippen molar-refractivity contribution in [1.29, 1.82) is 0 Å². The van der Waals surface area contributed by atoms with Gasteiger partial charge in [0, 0.05) is 12.1 Å². The molecule has 0 fully saturated rings. The van der Waals surface area contributed by atoms with Crippen LogP contribution in [0.5, 0.6) is 0 Å². The molecule has 0 atom stereocenters. The van der Waals surface area contributed by atoms with E-state index in [0.717, 1.165) is 0 Å². The van der Waals surface area contributed by atoms with Crippen LogP contribution in [-0.2, 0) is 4.79 Å². The quantitative estimate of drug-likeness (QED) is 0.809. The van der Waals surface area contributed by atoms with Crippen LogP contribution < -0.4 is 5.32 Å². The summed E-state index contributed by atoms with van der Waals surface area (Å²) in [5, 5.41) is 3.52. The van der Waals surface area contributed by atoms with E-state index in [1.807, 2.05) is 0 Å². The van der Waals surface area contributed by atoms with Crippen LogP contribution in [0, 0.1) is 6.42 Å². The predicted molar refractivity (Wildman–Crippen MR) is 55.1 cm³/mol. The van der Waals surface area contributed by atoms with Crippen molar-refractivity contribution >= 4 is 34.8 Å². The fourth-order valence-corrected chi connectivity index (χ4v) is 1.09. The lowest BCUT2D eigenvalue weighted by Gasteiger charge is -2.03. The SMILES string of the molecule is C[CH]C(=O)Nc1ccc(Cl)c(Cl)c1. The second-order valence-corrected chi connectivity index (χ2v) is 3.22. The Morgan fingerprint density at radius 2 is 2.08 bits per heavy atom. The molecular weight excluding hydrogens is 209 g/mol. The molecule has 1 N–H and O–H groups in total. The van der Waals surface area contributed by atoms with Crippen LogP contribution >= 0.6 is 23.2 Å². The van der Waals surface area contributed by atoms with Gasteiger partial charge in [-0.25, -0.2) is 0 Å². The Labute approximate surface area is 86.8 Å². The molecule has 0 aliphatic carbocycles. The van der Waals surface area contributed by atoms with Crippen molar-refractivity contribution < 1.29 is 4.79 Å². The number of amides is 1. The lowest BCUT2D eigenvalue weighted by Crippen LogP contribution is -2.09. The fraction of sp³-hybridized carbons (Fsp3) is 0.111. The molecule has 0 heterocycles. The molecule has 13 heavy (non-hydrogen) atoms. The summed E-state index contributed by atoms with van der Waals surface area (Å²) in [7, 11) is 0. The minimum Gasteiger partial charge on any atom is -0.326 e. The lowest BCUT2D eigenvalue weighted by atomic mass is 10.3. The van der Waals surface area contributed by atoms with Gasteiger partial charge < -0.3 is 5.32 Å². The molecule has 0 aliphatic heterocycles. The maximum atomic E-state index is 10.9. The molecule has 0 bridgehead atoms. The first kappa shape index (κ1) is 10.4. The third-order valence-corrected chi connectivity index (χ3v) is 2.19. The van der Waals surface area contributed by atoms with E-state index in [2.05, 4.69) is 5.32 Å². The van der Waals surface area contributed by atoms with Crippen LogP contribution in [0.3, 0.4) is 0 Å². The highest BCUT2D eigenvalue weighted by Gasteiger charge is 2.01. The minimum atomic E-state index is -0.168. The number of hydrogen-bond acceptors (Lipinski definition) is 1. The molecule has 0 saturated carbocycles. The normalized spacial score (nSPS) is 9.77. The topological polar surface area (TPSA) is 29.1 Å². The maximum absolute atomic E-state index is 10.9. The number of halogens is 2. The molecule has 0 spiro atoms. The Bertz CT molecular complexity index is 325. The van der Waals surface area contributed by atoms with Crippen molar-refractivity contribution in [3.63, 3.8) is 0 Å². The first-order valence-corrected chi connectivity index (χ1v) is 4.44. The van der Waals surface area contributed by atoms with Gasteiger partial charge in [-0.1, -0.05) is 30.1 Å². The van der Waals surface area contributed by atoms with Gasteiger partial charge in [0.2, 0.25) is 5.91 Å². The molecule has 1 aromatic carbocycles. The first-order valence-electron chi connectivity index (χ1n) is 3.69. The van der Waals surface area contributed by atoms with Crippen molar-refractivity contribution in [3.8, 4) is 0 Å². The average Bonchev–Trinajstić information content (AvgIpc) is 2.11. The van der Waals surface area contributed by atoms with Crippen molar-refractivity contribution in [3.05, 3.63) is 34.7 Å². The average molecular weight is 217 g/mol. The molecule has 2 nitrogen and oxygen atoms in total. The van der Waals surface area contributed by atoms with Gasteiger partial charge in [-0.3, -0.25) is 4.79 Å². The second kappa shape index (κ2) is 4.49. The number of benzene rings is 1. The Kier molecular flexibility index (Phi) is 3.58. The third kappa shape index (κ3) is 2.90. The summed E-state index contributed by atoms with van der Waals surface area (Å²) >= 11 is 11.4. The van der Waals surface area contributed by atoms with Gasteiger partial charge in [0.25, 0.3) is 0 Å². The Balaban J connectivity index is 2.79. The maximum Gasteiger partial charge on any atom is 0.227 e. The zero-order valence-electron chi connectivity index (χ0n) is 6.97. The first-order chi connectivity index (χ1) is 6.13. The summed E-state index contributed by atoms with van der Waals surface area (Å²) in [4.78, 5) is 10.9. The zero-order valence-corrected chi connectivity index (χ0v) is 8.49. The molecule has 1 amide bonds. The smallest absolute Gasteiger partial charge is 0.227 e. The second-order valence-electron chi connectivity index (χ2n) is 2.41. The standard InChI is InChI=1S/C9H8Cl2NO/c1-2-9(13)12-6-3-4-7(10)8(11)5-6/h2-5H,1H3,(H,12,13). The van der Waals surface area contributed by atoms with E-state index in [0.29, 0.717) is 15.7 Å². The molecule has 0 aromatic heterocycles. The Morgan fingerprint density at radius 3 is 2.62 bits per heavy atom. The van der Waals surface area contributed by atoms with Gasteiger partial charge in [-0.2, -0.15) is 0 Å². The van der Waals surface area contributed by atoms with Crippen molar-refractivity contribution in [1.82, 2.24) is 0 Å². The summed E-state index contributed by atoms with van der Waals surface area (Å²) < 4.78 is 0. The number of nitrogens with one attached hydrogen (secondary N) is 1. The molecule has 0 aliphatic rings.